The Balaban J connectivity index is 1.91. The van der Waals surface area contributed by atoms with Crippen molar-refractivity contribution >= 4 is 11.8 Å². The zero-order chi connectivity index (χ0) is 19.3. The third kappa shape index (κ3) is 6.13. The predicted octanol–water partition coefficient (Wildman–Crippen LogP) is 2.55. The monoisotopic (exact) mass is 359 g/mol. The molecular weight excluding hydrogens is 326 g/mol. The van der Waals surface area contributed by atoms with E-state index in [1.165, 1.54) is 5.56 Å². The third-order valence-electron chi connectivity index (χ3n) is 4.84. The molecule has 1 aromatic carbocycles. The Morgan fingerprint density at radius 2 is 1.73 bits per heavy atom. The van der Waals surface area contributed by atoms with Crippen molar-refractivity contribution in [2.75, 3.05) is 6.54 Å². The second-order valence-corrected chi connectivity index (χ2v) is 8.21. The van der Waals surface area contributed by atoms with Crippen LogP contribution in [0.1, 0.15) is 57.7 Å². The summed E-state index contributed by atoms with van der Waals surface area (Å²) in [6.45, 7) is 8.15. The first-order chi connectivity index (χ1) is 12.3. The van der Waals surface area contributed by atoms with Gasteiger partial charge in [-0.05, 0) is 48.1 Å². The van der Waals surface area contributed by atoms with Gasteiger partial charge in [0.2, 0.25) is 11.8 Å². The average Bonchev–Trinajstić information content (AvgIpc) is 3.42. The number of hydrogen-bond acceptors (Lipinski definition) is 3. The van der Waals surface area contributed by atoms with Crippen molar-refractivity contribution in [3.63, 3.8) is 0 Å². The summed E-state index contributed by atoms with van der Waals surface area (Å²) in [5.74, 6) is 0.708. The molecule has 0 heterocycles. The van der Waals surface area contributed by atoms with Gasteiger partial charge in [0, 0.05) is 0 Å². The van der Waals surface area contributed by atoms with Gasteiger partial charge in [0.05, 0.1) is 18.6 Å². The Labute approximate surface area is 157 Å². The molecule has 144 valence electrons. The molecule has 1 fully saturated rings. The van der Waals surface area contributed by atoms with Crippen LogP contribution in [0.3, 0.4) is 0 Å². The lowest BCUT2D eigenvalue weighted by Gasteiger charge is -2.20. The van der Waals surface area contributed by atoms with Crippen LogP contribution in [0.25, 0.3) is 0 Å². The summed E-state index contributed by atoms with van der Waals surface area (Å²) in [6, 6.07) is 7.98. The molecule has 2 atom stereocenters. The lowest BCUT2D eigenvalue weighted by Crippen LogP contribution is -2.47. The Morgan fingerprint density at radius 3 is 2.23 bits per heavy atom. The van der Waals surface area contributed by atoms with Crippen LogP contribution in [0.4, 0.5) is 0 Å². The molecule has 0 aromatic heterocycles. The number of amides is 2. The molecule has 26 heavy (non-hydrogen) atoms. The highest BCUT2D eigenvalue weighted by molar-refractivity contribution is 5.87. The topological polar surface area (TPSA) is 84.2 Å². The summed E-state index contributed by atoms with van der Waals surface area (Å²) in [5.41, 5.74) is 8.26. The summed E-state index contributed by atoms with van der Waals surface area (Å²) < 4.78 is 0. The van der Waals surface area contributed by atoms with E-state index in [9.17, 15) is 9.59 Å². The Bertz CT molecular complexity index is 606. The predicted molar refractivity (Wildman–Crippen MR) is 104 cm³/mol. The van der Waals surface area contributed by atoms with Crippen LogP contribution in [-0.4, -0.2) is 24.4 Å². The van der Waals surface area contributed by atoms with Crippen molar-refractivity contribution in [2.45, 2.75) is 59.0 Å². The molecule has 1 unspecified atom stereocenters. The highest BCUT2D eigenvalue weighted by Gasteiger charge is 2.33. The maximum atomic E-state index is 12.3. The van der Waals surface area contributed by atoms with E-state index in [2.05, 4.69) is 48.7 Å². The lowest BCUT2D eigenvalue weighted by molar-refractivity contribution is -0.127. The lowest BCUT2D eigenvalue weighted by atomic mass is 9.97. The van der Waals surface area contributed by atoms with Crippen molar-refractivity contribution in [1.82, 2.24) is 10.6 Å². The average molecular weight is 360 g/mol. The summed E-state index contributed by atoms with van der Waals surface area (Å²) in [4.78, 5) is 24.2. The molecule has 2 rings (SSSR count). The first-order valence-electron chi connectivity index (χ1n) is 9.69. The number of carbonyl (C=O) groups excluding carboxylic acids is 2. The van der Waals surface area contributed by atoms with Gasteiger partial charge in [-0.15, -0.1) is 0 Å². The largest absolute Gasteiger partial charge is 0.347 e. The molecule has 0 saturated heterocycles. The summed E-state index contributed by atoms with van der Waals surface area (Å²) in [7, 11) is 0. The van der Waals surface area contributed by atoms with Crippen LogP contribution in [-0.2, 0) is 16.0 Å². The van der Waals surface area contributed by atoms with E-state index in [0.29, 0.717) is 11.8 Å². The van der Waals surface area contributed by atoms with Crippen LogP contribution in [0.15, 0.2) is 24.3 Å². The van der Waals surface area contributed by atoms with Gasteiger partial charge in [0.1, 0.15) is 0 Å². The first-order valence-corrected chi connectivity index (χ1v) is 9.69. The van der Waals surface area contributed by atoms with Gasteiger partial charge in [-0.2, -0.15) is 0 Å². The van der Waals surface area contributed by atoms with Crippen molar-refractivity contribution in [2.24, 2.45) is 23.5 Å². The summed E-state index contributed by atoms with van der Waals surface area (Å²) in [5, 5.41) is 5.72. The molecule has 1 saturated carbocycles. The molecule has 5 nitrogen and oxygen atoms in total. The van der Waals surface area contributed by atoms with Crippen LogP contribution < -0.4 is 16.4 Å². The second kappa shape index (κ2) is 9.17. The molecule has 1 aromatic rings. The molecule has 0 radical (unpaired) electrons. The summed E-state index contributed by atoms with van der Waals surface area (Å²) in [6.07, 6.45) is 3.31. The normalized spacial score (nSPS) is 16.4. The number of nitrogens with one attached hydrogen (secondary N) is 2. The van der Waals surface area contributed by atoms with E-state index >= 15 is 0 Å². The van der Waals surface area contributed by atoms with E-state index in [-0.39, 0.29) is 30.3 Å². The van der Waals surface area contributed by atoms with Gasteiger partial charge >= 0.3 is 0 Å². The number of rotatable bonds is 9. The van der Waals surface area contributed by atoms with Crippen molar-refractivity contribution in [1.29, 1.82) is 0 Å². The molecule has 0 spiro atoms. The van der Waals surface area contributed by atoms with Gasteiger partial charge in [-0.25, -0.2) is 0 Å². The van der Waals surface area contributed by atoms with E-state index in [0.717, 1.165) is 24.8 Å². The van der Waals surface area contributed by atoms with Crippen LogP contribution in [0.2, 0.25) is 0 Å². The minimum atomic E-state index is -0.587. The summed E-state index contributed by atoms with van der Waals surface area (Å²) >= 11 is 0. The molecule has 0 aliphatic heterocycles. The number of nitrogens with two attached hydrogens (primary N) is 1. The van der Waals surface area contributed by atoms with Crippen molar-refractivity contribution in [3.05, 3.63) is 35.4 Å². The Kier molecular flexibility index (Phi) is 7.21. The fourth-order valence-corrected chi connectivity index (χ4v) is 3.05. The third-order valence-corrected chi connectivity index (χ3v) is 4.84. The van der Waals surface area contributed by atoms with Crippen molar-refractivity contribution < 1.29 is 9.59 Å². The van der Waals surface area contributed by atoms with Gasteiger partial charge in [0.15, 0.2) is 0 Å². The van der Waals surface area contributed by atoms with E-state index in [1.807, 2.05) is 13.8 Å². The molecule has 4 N–H and O–H groups in total. The van der Waals surface area contributed by atoms with Crippen LogP contribution in [0.5, 0.6) is 0 Å². The van der Waals surface area contributed by atoms with Gasteiger partial charge in [-0.3, -0.25) is 9.59 Å². The number of benzene rings is 1. The fraction of sp³-hybridized carbons (Fsp3) is 0.619. The maximum Gasteiger partial charge on any atom is 0.239 e. The molecule has 1 aliphatic rings. The first kappa shape index (κ1) is 20.4. The minimum absolute atomic E-state index is 0.0197. The molecule has 0 bridgehead atoms. The molecule has 5 heteroatoms. The van der Waals surface area contributed by atoms with E-state index in [4.69, 9.17) is 5.73 Å². The Hall–Kier alpha value is -1.88. The SMILES string of the molecule is CC(C)Cc1ccc(C(NC(=O)CNC(=O)[C@@H](N)C(C)C)C2CC2)cc1. The molecule has 1 aliphatic carbocycles. The van der Waals surface area contributed by atoms with E-state index < -0.39 is 6.04 Å². The highest BCUT2D eigenvalue weighted by Crippen LogP contribution is 2.41. The van der Waals surface area contributed by atoms with Crippen LogP contribution in [0, 0.1) is 17.8 Å². The second-order valence-electron chi connectivity index (χ2n) is 8.21. The highest BCUT2D eigenvalue weighted by atomic mass is 16.2. The van der Waals surface area contributed by atoms with Gasteiger partial charge in [0.25, 0.3) is 0 Å². The van der Waals surface area contributed by atoms with Crippen LogP contribution >= 0.6 is 0 Å². The molecule has 2 amide bonds. The van der Waals surface area contributed by atoms with Crippen molar-refractivity contribution in [3.8, 4) is 0 Å². The smallest absolute Gasteiger partial charge is 0.239 e. The van der Waals surface area contributed by atoms with E-state index in [1.54, 1.807) is 0 Å². The zero-order valence-electron chi connectivity index (χ0n) is 16.4. The van der Waals surface area contributed by atoms with Gasteiger partial charge < -0.3 is 16.4 Å². The Morgan fingerprint density at radius 1 is 1.12 bits per heavy atom. The standard InChI is InChI=1S/C21H33N3O2/c1-13(2)11-15-5-7-16(8-6-15)20(17-9-10-17)24-18(25)12-23-21(26)19(22)14(3)4/h5-8,13-14,17,19-20H,9-12,22H2,1-4H3,(H,23,26)(H,24,25)/t19-,20?/m0/s1. The minimum Gasteiger partial charge on any atom is -0.347 e. The van der Waals surface area contributed by atoms with Gasteiger partial charge in [-0.1, -0.05) is 52.0 Å². The maximum absolute atomic E-state index is 12.3. The molecular formula is C21H33N3O2. The fourth-order valence-electron chi connectivity index (χ4n) is 3.05. The number of hydrogen-bond donors (Lipinski definition) is 3. The zero-order valence-corrected chi connectivity index (χ0v) is 16.4. The number of carbonyl (C=O) groups is 2. The quantitative estimate of drug-likeness (QED) is 0.633.